The minimum absolute atomic E-state index is 0.0341. The van der Waals surface area contributed by atoms with Gasteiger partial charge in [-0.1, -0.05) is 24.9 Å². The summed E-state index contributed by atoms with van der Waals surface area (Å²) >= 11 is 6.07. The van der Waals surface area contributed by atoms with Crippen molar-refractivity contribution in [3.8, 4) is 23.0 Å². The molecule has 3 aromatic rings. The number of fused-ring (bicyclic) bond motifs is 2. The number of phenolic OH excluding ortho intramolecular Hbond substituents is 1. The number of benzene rings is 1. The minimum atomic E-state index is -2.78. The topological polar surface area (TPSA) is 104 Å². The molecule has 13 heteroatoms. The van der Waals surface area contributed by atoms with Crippen LogP contribution < -0.4 is 9.64 Å². The van der Waals surface area contributed by atoms with Gasteiger partial charge in [-0.15, -0.1) is 0 Å². The van der Waals surface area contributed by atoms with Gasteiger partial charge in [0.1, 0.15) is 29.4 Å². The molecule has 3 fully saturated rings. The second-order valence-electron chi connectivity index (χ2n) is 12.8. The Balaban J connectivity index is 0.000000624. The number of nitrogens with zero attached hydrogens (tertiary/aromatic N) is 5. The number of rotatable bonds is 13. The molecule has 2 N–H and O–H groups in total. The van der Waals surface area contributed by atoms with Crippen LogP contribution in [0.4, 0.5) is 19.0 Å². The van der Waals surface area contributed by atoms with E-state index in [-0.39, 0.29) is 65.7 Å². The third-order valence-corrected chi connectivity index (χ3v) is 9.42. The number of anilines is 1. The van der Waals surface area contributed by atoms with Crippen molar-refractivity contribution in [2.45, 2.75) is 63.3 Å². The Labute approximate surface area is 272 Å². The van der Waals surface area contributed by atoms with Gasteiger partial charge in [0.25, 0.3) is 5.92 Å². The van der Waals surface area contributed by atoms with Gasteiger partial charge in [-0.05, 0) is 62.1 Å². The van der Waals surface area contributed by atoms with E-state index in [1.54, 1.807) is 12.0 Å². The van der Waals surface area contributed by atoms with Crippen LogP contribution in [0.1, 0.15) is 51.9 Å². The molecular formula is C33H43ClF3N5O4. The van der Waals surface area contributed by atoms with E-state index in [1.807, 2.05) is 18.9 Å². The lowest BCUT2D eigenvalue weighted by Crippen LogP contribution is -2.59. The van der Waals surface area contributed by atoms with E-state index in [0.717, 1.165) is 31.8 Å². The first-order valence-electron chi connectivity index (χ1n) is 15.9. The molecule has 0 bridgehead atoms. The first-order valence-corrected chi connectivity index (χ1v) is 16.3. The van der Waals surface area contributed by atoms with Crippen molar-refractivity contribution in [2.75, 3.05) is 58.5 Å². The second-order valence-corrected chi connectivity index (χ2v) is 13.3. The van der Waals surface area contributed by atoms with Crippen LogP contribution in [-0.4, -0.2) is 95.1 Å². The van der Waals surface area contributed by atoms with Gasteiger partial charge in [-0.2, -0.15) is 9.97 Å². The van der Waals surface area contributed by atoms with Gasteiger partial charge in [0.05, 0.1) is 17.5 Å². The molecule has 0 radical (unpaired) electrons. The highest BCUT2D eigenvalue weighted by molar-refractivity contribution is 6.31. The standard InChI is InChI=1S/C28H33ClF3N5O3.C5H10O/c1-3-17(13-38)5-4-7-36(2)25-21-12-33-23(18-9-19(29)11-20(39)10-18)22(30)24(21)34-26(35-25)40-16-27-6-8-37(27)15-28(31,32)14-27;1-6-4-5-2-3-5/h9-12,17,38-39H,3-8,13-16H2,1-2H3;5H,2-4H2,1H3. The summed E-state index contributed by atoms with van der Waals surface area (Å²) in [6.07, 6.45) is 6.97. The summed E-state index contributed by atoms with van der Waals surface area (Å²) in [7, 11) is 3.58. The smallest absolute Gasteiger partial charge is 0.319 e. The summed E-state index contributed by atoms with van der Waals surface area (Å²) in [5, 5.41) is 20.1. The number of hydrogen-bond acceptors (Lipinski definition) is 9. The molecule has 0 spiro atoms. The SMILES string of the molecule is CCC(CO)CCCN(C)c1nc(OCC23CCN2CC(F)(F)C3)nc2c(F)c(-c3cc(O)cc(Cl)c3)ncc12.COCC1CC1. The van der Waals surface area contributed by atoms with Gasteiger partial charge >= 0.3 is 6.01 Å². The lowest BCUT2D eigenvalue weighted by molar-refractivity contribution is -0.0132. The second kappa shape index (κ2) is 14.5. The molecule has 2 unspecified atom stereocenters. The van der Waals surface area contributed by atoms with Crippen LogP contribution in [0, 0.1) is 17.7 Å². The fourth-order valence-electron chi connectivity index (χ4n) is 6.22. The van der Waals surface area contributed by atoms with Crippen molar-refractivity contribution in [3.05, 3.63) is 35.2 Å². The predicted octanol–water partition coefficient (Wildman–Crippen LogP) is 6.33. The molecule has 46 heavy (non-hydrogen) atoms. The number of alkyl halides is 2. The zero-order valence-corrected chi connectivity index (χ0v) is 27.4. The third kappa shape index (κ3) is 7.95. The van der Waals surface area contributed by atoms with Crippen molar-refractivity contribution in [2.24, 2.45) is 11.8 Å². The van der Waals surface area contributed by atoms with E-state index in [0.29, 0.717) is 30.7 Å². The Hall–Kier alpha value is -2.93. The summed E-state index contributed by atoms with van der Waals surface area (Å²) in [5.74, 6) is -2.15. The Bertz CT molecular complexity index is 1490. The molecule has 9 nitrogen and oxygen atoms in total. The fourth-order valence-corrected chi connectivity index (χ4v) is 6.45. The van der Waals surface area contributed by atoms with Gasteiger partial charge in [0.2, 0.25) is 0 Å². The number of hydrogen-bond donors (Lipinski definition) is 2. The lowest BCUT2D eigenvalue weighted by Gasteiger charge is -2.46. The number of pyridine rings is 1. The molecule has 6 rings (SSSR count). The third-order valence-electron chi connectivity index (χ3n) is 9.20. The quantitative estimate of drug-likeness (QED) is 0.217. The van der Waals surface area contributed by atoms with Crippen molar-refractivity contribution >= 4 is 28.3 Å². The Morgan fingerprint density at radius 2 is 2.00 bits per heavy atom. The van der Waals surface area contributed by atoms with Gasteiger partial charge < -0.3 is 24.6 Å². The molecule has 2 atom stereocenters. The van der Waals surface area contributed by atoms with Gasteiger partial charge in [-0.3, -0.25) is 9.88 Å². The number of aromatic hydroxyl groups is 1. The van der Waals surface area contributed by atoms with Crippen LogP contribution in [0.2, 0.25) is 5.02 Å². The van der Waals surface area contributed by atoms with Crippen LogP contribution in [0.5, 0.6) is 11.8 Å². The molecule has 0 amide bonds. The first kappa shape index (κ1) is 34.4. The fraction of sp³-hybridized carbons (Fsp3) is 0.606. The number of aromatic nitrogens is 3. The average molecular weight is 666 g/mol. The summed E-state index contributed by atoms with van der Waals surface area (Å²) in [4.78, 5) is 16.8. The van der Waals surface area contributed by atoms with E-state index < -0.39 is 17.3 Å². The van der Waals surface area contributed by atoms with E-state index >= 15 is 4.39 Å². The van der Waals surface area contributed by atoms with Crippen LogP contribution >= 0.6 is 11.6 Å². The largest absolute Gasteiger partial charge is 0.508 e. The van der Waals surface area contributed by atoms with Crippen LogP contribution in [-0.2, 0) is 4.74 Å². The molecule has 2 aliphatic heterocycles. The molecule has 1 aromatic carbocycles. The zero-order valence-electron chi connectivity index (χ0n) is 26.6. The molecule has 4 heterocycles. The Morgan fingerprint density at radius 1 is 1.22 bits per heavy atom. The summed E-state index contributed by atoms with van der Waals surface area (Å²) in [6, 6.07) is 4.06. The van der Waals surface area contributed by atoms with E-state index in [4.69, 9.17) is 21.1 Å². The van der Waals surface area contributed by atoms with Crippen molar-refractivity contribution < 1.29 is 32.9 Å². The maximum absolute atomic E-state index is 16.0. The zero-order chi connectivity index (χ0) is 33.1. The number of phenols is 1. The molecule has 1 saturated carbocycles. The summed E-state index contributed by atoms with van der Waals surface area (Å²) in [6.45, 7) is 3.94. The summed E-state index contributed by atoms with van der Waals surface area (Å²) in [5.41, 5.74) is -0.616. The maximum Gasteiger partial charge on any atom is 0.319 e. The van der Waals surface area contributed by atoms with Crippen LogP contribution in [0.15, 0.2) is 24.4 Å². The predicted molar refractivity (Wildman–Crippen MR) is 171 cm³/mol. The minimum Gasteiger partial charge on any atom is -0.508 e. The highest BCUT2D eigenvalue weighted by atomic mass is 35.5. The van der Waals surface area contributed by atoms with E-state index in [9.17, 15) is 19.0 Å². The summed E-state index contributed by atoms with van der Waals surface area (Å²) < 4.78 is 55.1. The van der Waals surface area contributed by atoms with Crippen molar-refractivity contribution in [3.63, 3.8) is 0 Å². The van der Waals surface area contributed by atoms with Crippen molar-refractivity contribution in [1.29, 1.82) is 0 Å². The first-order chi connectivity index (χ1) is 22.0. The monoisotopic (exact) mass is 665 g/mol. The maximum atomic E-state index is 16.0. The molecular weight excluding hydrogens is 623 g/mol. The average Bonchev–Trinajstić information content (AvgIpc) is 3.81. The van der Waals surface area contributed by atoms with Gasteiger partial charge in [-0.25, -0.2) is 13.2 Å². The van der Waals surface area contributed by atoms with E-state index in [1.165, 1.54) is 37.2 Å². The lowest BCUT2D eigenvalue weighted by atomic mass is 9.85. The van der Waals surface area contributed by atoms with Gasteiger partial charge in [0.15, 0.2) is 5.82 Å². The number of halogens is 4. The normalized spacial score (nSPS) is 20.9. The molecule has 2 aromatic heterocycles. The molecule has 2 saturated heterocycles. The number of aliphatic hydroxyl groups is 1. The Morgan fingerprint density at radius 3 is 2.59 bits per heavy atom. The molecule has 3 aliphatic rings. The number of aliphatic hydroxyl groups excluding tert-OH is 1. The number of ether oxygens (including phenoxy) is 2. The molecule has 252 valence electrons. The Kier molecular flexibility index (Phi) is 10.8. The number of methoxy groups -OCH3 is 1. The van der Waals surface area contributed by atoms with Crippen LogP contribution in [0.3, 0.4) is 0 Å². The van der Waals surface area contributed by atoms with Crippen LogP contribution in [0.25, 0.3) is 22.2 Å². The highest BCUT2D eigenvalue weighted by Gasteiger charge is 2.60. The van der Waals surface area contributed by atoms with Gasteiger partial charge in [0, 0.05) is 63.7 Å². The van der Waals surface area contributed by atoms with E-state index in [2.05, 4.69) is 15.0 Å². The van der Waals surface area contributed by atoms with Crippen molar-refractivity contribution in [1.82, 2.24) is 19.9 Å². The molecule has 1 aliphatic carbocycles. The highest BCUT2D eigenvalue weighted by Crippen LogP contribution is 2.47.